The third-order valence-corrected chi connectivity index (χ3v) is 2.45. The van der Waals surface area contributed by atoms with Crippen molar-refractivity contribution in [1.82, 2.24) is 10.6 Å². The van der Waals surface area contributed by atoms with Gasteiger partial charge in [0.2, 0.25) is 0 Å². The van der Waals surface area contributed by atoms with Crippen LogP contribution in [0.25, 0.3) is 0 Å². The number of carbonyl (C=O) groups is 1. The van der Waals surface area contributed by atoms with Gasteiger partial charge in [0, 0.05) is 24.6 Å². The second-order valence-electron chi connectivity index (χ2n) is 4.18. The van der Waals surface area contributed by atoms with Gasteiger partial charge < -0.3 is 15.4 Å². The minimum Gasteiger partial charge on any atom is -0.381 e. The summed E-state index contributed by atoms with van der Waals surface area (Å²) in [6.07, 6.45) is 1.04. The van der Waals surface area contributed by atoms with Crippen LogP contribution >= 0.6 is 0 Å². The van der Waals surface area contributed by atoms with Gasteiger partial charge in [-0.1, -0.05) is 0 Å². The zero-order chi connectivity index (χ0) is 10.6. The molecule has 14 heavy (non-hydrogen) atoms. The minimum atomic E-state index is -0.0839. The van der Waals surface area contributed by atoms with E-state index in [-0.39, 0.29) is 18.1 Å². The largest absolute Gasteiger partial charge is 0.381 e. The second-order valence-corrected chi connectivity index (χ2v) is 4.18. The highest BCUT2D eigenvalue weighted by Crippen LogP contribution is 2.15. The Balaban J connectivity index is 2.24. The van der Waals surface area contributed by atoms with Crippen molar-refractivity contribution >= 4 is 6.03 Å². The van der Waals surface area contributed by atoms with Crippen LogP contribution in [0.2, 0.25) is 0 Å². The summed E-state index contributed by atoms with van der Waals surface area (Å²) < 4.78 is 5.27. The van der Waals surface area contributed by atoms with E-state index >= 15 is 0 Å². The third kappa shape index (κ3) is 3.54. The first-order valence-electron chi connectivity index (χ1n) is 5.24. The molecule has 0 aliphatic carbocycles. The number of ether oxygens (including phenoxy) is 1. The summed E-state index contributed by atoms with van der Waals surface area (Å²) in [6, 6.07) is 0.290. The van der Waals surface area contributed by atoms with E-state index in [0.717, 1.165) is 19.6 Å². The van der Waals surface area contributed by atoms with Crippen LogP contribution in [0.4, 0.5) is 4.79 Å². The first-order chi connectivity index (χ1) is 6.59. The van der Waals surface area contributed by atoms with Crippen LogP contribution in [-0.2, 0) is 4.74 Å². The van der Waals surface area contributed by atoms with E-state index in [1.807, 2.05) is 20.8 Å². The van der Waals surface area contributed by atoms with Crippen LogP contribution in [0.1, 0.15) is 27.2 Å². The van der Waals surface area contributed by atoms with Crippen molar-refractivity contribution in [2.75, 3.05) is 13.2 Å². The van der Waals surface area contributed by atoms with Gasteiger partial charge in [0.25, 0.3) is 0 Å². The number of rotatable bonds is 3. The molecule has 2 amide bonds. The monoisotopic (exact) mass is 200 g/mol. The summed E-state index contributed by atoms with van der Waals surface area (Å²) in [7, 11) is 0. The fourth-order valence-corrected chi connectivity index (χ4v) is 1.58. The van der Waals surface area contributed by atoms with E-state index in [2.05, 4.69) is 10.6 Å². The summed E-state index contributed by atoms with van der Waals surface area (Å²) in [4.78, 5) is 11.4. The van der Waals surface area contributed by atoms with Crippen molar-refractivity contribution in [2.24, 2.45) is 5.92 Å². The fraction of sp³-hybridized carbons (Fsp3) is 0.900. The van der Waals surface area contributed by atoms with Gasteiger partial charge in [-0.25, -0.2) is 4.79 Å². The number of urea groups is 1. The lowest BCUT2D eigenvalue weighted by molar-refractivity contribution is 0.177. The summed E-state index contributed by atoms with van der Waals surface area (Å²) in [5.41, 5.74) is 0. The normalized spacial score (nSPS) is 23.6. The van der Waals surface area contributed by atoms with Crippen molar-refractivity contribution < 1.29 is 9.53 Å². The molecule has 1 heterocycles. The summed E-state index contributed by atoms with van der Waals surface area (Å²) in [5.74, 6) is 0.466. The molecule has 1 aliphatic rings. The van der Waals surface area contributed by atoms with Crippen molar-refractivity contribution in [3.8, 4) is 0 Å². The Morgan fingerprint density at radius 3 is 2.57 bits per heavy atom. The molecule has 0 saturated carbocycles. The van der Waals surface area contributed by atoms with E-state index in [1.54, 1.807) is 0 Å². The average molecular weight is 200 g/mol. The molecule has 82 valence electrons. The molecule has 4 nitrogen and oxygen atoms in total. The fourth-order valence-electron chi connectivity index (χ4n) is 1.58. The highest BCUT2D eigenvalue weighted by molar-refractivity contribution is 5.74. The molecule has 2 N–H and O–H groups in total. The van der Waals surface area contributed by atoms with Crippen LogP contribution in [0.15, 0.2) is 0 Å². The Labute approximate surface area is 85.4 Å². The first kappa shape index (κ1) is 11.3. The summed E-state index contributed by atoms with van der Waals surface area (Å²) in [6.45, 7) is 7.51. The number of carbonyl (C=O) groups excluding carboxylic acids is 1. The molecule has 0 aromatic carbocycles. The molecule has 2 unspecified atom stereocenters. The van der Waals surface area contributed by atoms with Gasteiger partial charge in [0.15, 0.2) is 0 Å². The Kier molecular flexibility index (Phi) is 4.20. The number of nitrogens with one attached hydrogen (secondary N) is 2. The summed E-state index contributed by atoms with van der Waals surface area (Å²) in [5, 5.41) is 5.73. The van der Waals surface area contributed by atoms with E-state index in [4.69, 9.17) is 4.74 Å². The molecule has 1 saturated heterocycles. The maximum atomic E-state index is 11.4. The molecule has 0 aromatic rings. The number of hydrogen-bond donors (Lipinski definition) is 2. The van der Waals surface area contributed by atoms with Crippen molar-refractivity contribution in [2.45, 2.75) is 39.3 Å². The lowest BCUT2D eigenvalue weighted by atomic mass is 10.0. The van der Waals surface area contributed by atoms with Crippen LogP contribution < -0.4 is 10.6 Å². The lowest BCUT2D eigenvalue weighted by Crippen LogP contribution is -2.46. The Morgan fingerprint density at radius 2 is 2.07 bits per heavy atom. The predicted octanol–water partition coefficient (Wildman–Crippen LogP) is 1.12. The zero-order valence-electron chi connectivity index (χ0n) is 9.17. The molecular formula is C10H20N2O2. The Bertz CT molecular complexity index is 189. The van der Waals surface area contributed by atoms with Gasteiger partial charge >= 0.3 is 6.03 Å². The first-order valence-corrected chi connectivity index (χ1v) is 5.24. The van der Waals surface area contributed by atoms with Crippen LogP contribution in [0.5, 0.6) is 0 Å². The number of amides is 2. The molecule has 0 spiro atoms. The van der Waals surface area contributed by atoms with Gasteiger partial charge in [0.1, 0.15) is 0 Å². The van der Waals surface area contributed by atoms with Gasteiger partial charge in [-0.3, -0.25) is 0 Å². The van der Waals surface area contributed by atoms with Gasteiger partial charge in [-0.05, 0) is 27.2 Å². The van der Waals surface area contributed by atoms with Crippen molar-refractivity contribution in [3.63, 3.8) is 0 Å². The lowest BCUT2D eigenvalue weighted by Gasteiger charge is -2.20. The van der Waals surface area contributed by atoms with Crippen LogP contribution in [0, 0.1) is 5.92 Å². The quantitative estimate of drug-likeness (QED) is 0.717. The molecule has 4 heteroatoms. The van der Waals surface area contributed by atoms with Gasteiger partial charge in [0.05, 0.1) is 6.61 Å². The van der Waals surface area contributed by atoms with Crippen molar-refractivity contribution in [1.29, 1.82) is 0 Å². The predicted molar refractivity (Wildman–Crippen MR) is 55.2 cm³/mol. The van der Waals surface area contributed by atoms with Gasteiger partial charge in [-0.15, -0.1) is 0 Å². The highest BCUT2D eigenvalue weighted by atomic mass is 16.5. The Morgan fingerprint density at radius 1 is 1.36 bits per heavy atom. The SMILES string of the molecule is CC(C)NC(=O)NC(C)C1CCOC1. The highest BCUT2D eigenvalue weighted by Gasteiger charge is 2.23. The maximum Gasteiger partial charge on any atom is 0.315 e. The zero-order valence-corrected chi connectivity index (χ0v) is 9.17. The van der Waals surface area contributed by atoms with E-state index < -0.39 is 0 Å². The van der Waals surface area contributed by atoms with Crippen molar-refractivity contribution in [3.05, 3.63) is 0 Å². The van der Waals surface area contributed by atoms with Crippen LogP contribution in [0.3, 0.4) is 0 Å². The molecule has 1 rings (SSSR count). The summed E-state index contributed by atoms with van der Waals surface area (Å²) >= 11 is 0. The molecule has 2 atom stereocenters. The Hall–Kier alpha value is -0.770. The topological polar surface area (TPSA) is 50.4 Å². The third-order valence-electron chi connectivity index (χ3n) is 2.45. The maximum absolute atomic E-state index is 11.4. The molecular weight excluding hydrogens is 180 g/mol. The van der Waals surface area contributed by atoms with E-state index in [9.17, 15) is 4.79 Å². The average Bonchev–Trinajstić information content (AvgIpc) is 2.53. The van der Waals surface area contributed by atoms with Gasteiger partial charge in [-0.2, -0.15) is 0 Å². The minimum absolute atomic E-state index is 0.0839. The molecule has 0 radical (unpaired) electrons. The second kappa shape index (κ2) is 5.20. The van der Waals surface area contributed by atoms with Crippen LogP contribution in [-0.4, -0.2) is 31.3 Å². The van der Waals surface area contributed by atoms with E-state index in [1.165, 1.54) is 0 Å². The molecule has 1 aliphatic heterocycles. The standard InChI is InChI=1S/C10H20N2O2/c1-7(2)11-10(13)12-8(3)9-4-5-14-6-9/h7-9H,4-6H2,1-3H3,(H2,11,12,13). The molecule has 0 bridgehead atoms. The smallest absolute Gasteiger partial charge is 0.315 e. The van der Waals surface area contributed by atoms with E-state index in [0.29, 0.717) is 5.92 Å². The number of hydrogen-bond acceptors (Lipinski definition) is 2. The molecule has 0 aromatic heterocycles. The molecule has 1 fully saturated rings.